The maximum atomic E-state index is 12.1. The molecule has 0 aliphatic rings. The lowest BCUT2D eigenvalue weighted by Crippen LogP contribution is -2.08. The van der Waals surface area contributed by atoms with E-state index in [-0.39, 0.29) is 5.56 Å². The van der Waals surface area contributed by atoms with Gasteiger partial charge in [0.1, 0.15) is 6.10 Å². The lowest BCUT2D eigenvalue weighted by Gasteiger charge is -2.11. The highest BCUT2D eigenvalue weighted by molar-refractivity contribution is 9.10. The molecule has 1 aromatic carbocycles. The van der Waals surface area contributed by atoms with Crippen molar-refractivity contribution in [2.24, 2.45) is 0 Å². The summed E-state index contributed by atoms with van der Waals surface area (Å²) in [6.07, 6.45) is -4.61. The first-order chi connectivity index (χ1) is 6.02. The van der Waals surface area contributed by atoms with Crippen molar-refractivity contribution in [2.45, 2.75) is 12.5 Å². The molecule has 0 spiro atoms. The lowest BCUT2D eigenvalue weighted by molar-refractivity contribution is -0.00617. The average molecular weight is 271 g/mol. The maximum Gasteiger partial charge on any atom is 0.268 e. The average Bonchev–Trinajstić information content (AvgIpc) is 2.08. The minimum absolute atomic E-state index is 0.0995. The Kier molecular flexibility index (Phi) is 3.64. The van der Waals surface area contributed by atoms with Gasteiger partial charge in [-0.2, -0.15) is 0 Å². The van der Waals surface area contributed by atoms with Crippen LogP contribution in [0.15, 0.2) is 22.7 Å². The zero-order valence-electron chi connectivity index (χ0n) is 6.35. The van der Waals surface area contributed by atoms with Gasteiger partial charge in [-0.1, -0.05) is 27.5 Å². The Morgan fingerprint density at radius 1 is 1.38 bits per heavy atom. The Hall–Kier alpha value is -0.190. The number of benzene rings is 1. The molecule has 72 valence electrons. The van der Waals surface area contributed by atoms with Crippen LogP contribution >= 0.6 is 27.5 Å². The third-order valence-electron chi connectivity index (χ3n) is 1.52. The van der Waals surface area contributed by atoms with E-state index in [1.54, 1.807) is 6.07 Å². The highest BCUT2D eigenvalue weighted by atomic mass is 79.9. The van der Waals surface area contributed by atoms with Crippen LogP contribution in [0.1, 0.15) is 11.7 Å². The van der Waals surface area contributed by atoms with Gasteiger partial charge in [0.25, 0.3) is 6.43 Å². The molecule has 13 heavy (non-hydrogen) atoms. The van der Waals surface area contributed by atoms with E-state index in [0.29, 0.717) is 9.50 Å². The molecule has 0 saturated heterocycles. The van der Waals surface area contributed by atoms with Crippen molar-refractivity contribution < 1.29 is 13.9 Å². The van der Waals surface area contributed by atoms with E-state index in [0.717, 1.165) is 0 Å². The number of aliphatic hydroxyl groups is 1. The zero-order chi connectivity index (χ0) is 10.0. The molecule has 1 atom stereocenters. The van der Waals surface area contributed by atoms with Crippen molar-refractivity contribution in [2.75, 3.05) is 0 Å². The molecule has 0 aromatic heterocycles. The number of hydrogen-bond donors (Lipinski definition) is 1. The predicted octanol–water partition coefficient (Wildman–Crippen LogP) is 3.40. The quantitative estimate of drug-likeness (QED) is 0.874. The molecule has 0 fully saturated rings. The molecule has 1 rings (SSSR count). The SMILES string of the molecule is OC(c1cc(Cl)ccc1Br)C(F)F. The Morgan fingerprint density at radius 2 is 2.00 bits per heavy atom. The monoisotopic (exact) mass is 270 g/mol. The summed E-state index contributed by atoms with van der Waals surface area (Å²) >= 11 is 8.64. The summed E-state index contributed by atoms with van der Waals surface area (Å²) in [5.74, 6) is 0. The van der Waals surface area contributed by atoms with Crippen LogP contribution in [0.5, 0.6) is 0 Å². The van der Waals surface area contributed by atoms with Crippen molar-refractivity contribution in [3.63, 3.8) is 0 Å². The summed E-state index contributed by atoms with van der Waals surface area (Å²) in [5.41, 5.74) is 0.0995. The first kappa shape index (κ1) is 10.9. The van der Waals surface area contributed by atoms with Crippen LogP contribution in [0.4, 0.5) is 8.78 Å². The molecule has 0 amide bonds. The smallest absolute Gasteiger partial charge is 0.268 e. The van der Waals surface area contributed by atoms with Gasteiger partial charge in [-0.3, -0.25) is 0 Å². The van der Waals surface area contributed by atoms with Crippen LogP contribution in [0.3, 0.4) is 0 Å². The summed E-state index contributed by atoms with van der Waals surface area (Å²) in [6.45, 7) is 0. The van der Waals surface area contributed by atoms with E-state index < -0.39 is 12.5 Å². The topological polar surface area (TPSA) is 20.2 Å². The highest BCUT2D eigenvalue weighted by Crippen LogP contribution is 2.29. The van der Waals surface area contributed by atoms with Crippen molar-refractivity contribution >= 4 is 27.5 Å². The second kappa shape index (κ2) is 4.35. The first-order valence-electron chi connectivity index (χ1n) is 3.43. The Morgan fingerprint density at radius 3 is 2.54 bits per heavy atom. The van der Waals surface area contributed by atoms with E-state index in [2.05, 4.69) is 15.9 Å². The second-order valence-electron chi connectivity index (χ2n) is 2.45. The predicted molar refractivity (Wildman–Crippen MR) is 50.1 cm³/mol. The Balaban J connectivity index is 3.05. The number of alkyl halides is 2. The molecule has 0 aliphatic carbocycles. The van der Waals surface area contributed by atoms with Gasteiger partial charge in [0.2, 0.25) is 0 Å². The van der Waals surface area contributed by atoms with Gasteiger partial charge >= 0.3 is 0 Å². The third kappa shape index (κ3) is 2.62. The van der Waals surface area contributed by atoms with Gasteiger partial charge in [-0.05, 0) is 18.2 Å². The standard InChI is InChI=1S/C8H6BrClF2O/c9-6-2-1-4(10)3-5(6)7(13)8(11)12/h1-3,7-8,13H. The lowest BCUT2D eigenvalue weighted by atomic mass is 10.1. The maximum absolute atomic E-state index is 12.1. The summed E-state index contributed by atoms with van der Waals surface area (Å²) in [5, 5.41) is 9.38. The van der Waals surface area contributed by atoms with E-state index in [1.807, 2.05) is 0 Å². The largest absolute Gasteiger partial charge is 0.382 e. The van der Waals surface area contributed by atoms with Crippen molar-refractivity contribution in [3.8, 4) is 0 Å². The second-order valence-corrected chi connectivity index (χ2v) is 3.74. The van der Waals surface area contributed by atoms with Gasteiger partial charge in [-0.25, -0.2) is 8.78 Å². The number of aliphatic hydroxyl groups excluding tert-OH is 1. The van der Waals surface area contributed by atoms with E-state index >= 15 is 0 Å². The number of halogens is 4. The molecule has 5 heteroatoms. The third-order valence-corrected chi connectivity index (χ3v) is 2.47. The highest BCUT2D eigenvalue weighted by Gasteiger charge is 2.21. The molecule has 0 heterocycles. The Bertz CT molecular complexity index is 306. The van der Waals surface area contributed by atoms with Crippen molar-refractivity contribution in [3.05, 3.63) is 33.3 Å². The molecule has 1 N–H and O–H groups in total. The minimum Gasteiger partial charge on any atom is -0.382 e. The van der Waals surface area contributed by atoms with Crippen LogP contribution in [-0.4, -0.2) is 11.5 Å². The summed E-state index contributed by atoms with van der Waals surface area (Å²) in [4.78, 5) is 0. The molecule has 0 radical (unpaired) electrons. The number of rotatable bonds is 2. The molecule has 0 saturated carbocycles. The van der Waals surface area contributed by atoms with Crippen LogP contribution in [0.2, 0.25) is 5.02 Å². The Labute approximate surface area is 87.5 Å². The fourth-order valence-corrected chi connectivity index (χ4v) is 1.54. The van der Waals surface area contributed by atoms with Crippen molar-refractivity contribution in [1.29, 1.82) is 0 Å². The van der Waals surface area contributed by atoms with Gasteiger partial charge < -0.3 is 5.11 Å². The molecule has 1 unspecified atom stereocenters. The fraction of sp³-hybridized carbons (Fsp3) is 0.250. The molecular formula is C8H6BrClF2O. The minimum atomic E-state index is -2.81. The fourth-order valence-electron chi connectivity index (χ4n) is 0.877. The first-order valence-corrected chi connectivity index (χ1v) is 4.60. The van der Waals surface area contributed by atoms with Gasteiger partial charge in [0.05, 0.1) is 0 Å². The van der Waals surface area contributed by atoms with Crippen LogP contribution in [0.25, 0.3) is 0 Å². The van der Waals surface area contributed by atoms with Crippen LogP contribution in [-0.2, 0) is 0 Å². The van der Waals surface area contributed by atoms with E-state index in [1.165, 1.54) is 12.1 Å². The molecule has 0 bridgehead atoms. The van der Waals surface area contributed by atoms with E-state index in [4.69, 9.17) is 16.7 Å². The molecule has 0 aliphatic heterocycles. The van der Waals surface area contributed by atoms with E-state index in [9.17, 15) is 8.78 Å². The number of hydrogen-bond acceptors (Lipinski definition) is 1. The van der Waals surface area contributed by atoms with Crippen molar-refractivity contribution in [1.82, 2.24) is 0 Å². The summed E-state index contributed by atoms with van der Waals surface area (Å²) in [7, 11) is 0. The van der Waals surface area contributed by atoms with Crippen LogP contribution in [0, 0.1) is 0 Å². The van der Waals surface area contributed by atoms with Gasteiger partial charge in [0, 0.05) is 15.1 Å². The summed E-state index contributed by atoms with van der Waals surface area (Å²) < 4.78 is 24.6. The van der Waals surface area contributed by atoms with Gasteiger partial charge in [-0.15, -0.1) is 0 Å². The normalized spacial score (nSPS) is 13.4. The summed E-state index contributed by atoms with van der Waals surface area (Å²) in [6, 6.07) is 4.37. The molecule has 1 nitrogen and oxygen atoms in total. The van der Waals surface area contributed by atoms with Gasteiger partial charge in [0.15, 0.2) is 0 Å². The zero-order valence-corrected chi connectivity index (χ0v) is 8.69. The molecule has 1 aromatic rings. The van der Waals surface area contributed by atoms with Crippen LogP contribution < -0.4 is 0 Å². The molecular weight excluding hydrogens is 265 g/mol.